The molecule has 0 bridgehead atoms. The maximum Gasteiger partial charge on any atom is 0.329 e. The number of nitrogens with zero attached hydrogens (tertiary/aromatic N) is 3. The van der Waals surface area contributed by atoms with Crippen LogP contribution in [0.1, 0.15) is 17.1 Å². The quantitative estimate of drug-likeness (QED) is 0.789. The Labute approximate surface area is 126 Å². The number of imidazole rings is 1. The number of rotatable bonds is 2. The fourth-order valence-electron chi connectivity index (χ4n) is 2.83. The van der Waals surface area contributed by atoms with Gasteiger partial charge in [-0.05, 0) is 25.1 Å². The summed E-state index contributed by atoms with van der Waals surface area (Å²) < 4.78 is 1.74. The van der Waals surface area contributed by atoms with Crippen LogP contribution in [0.3, 0.4) is 0 Å². The molecule has 0 saturated heterocycles. The molecule has 0 fully saturated rings. The minimum atomic E-state index is -0.0235. The largest absolute Gasteiger partial charge is 0.348 e. The number of fused-ring (bicyclic) bond motifs is 3. The zero-order valence-electron chi connectivity index (χ0n) is 11.4. The molecule has 4 rings (SSSR count). The van der Waals surface area contributed by atoms with Gasteiger partial charge in [0.1, 0.15) is 0 Å². The normalized spacial score (nSPS) is 14.2. The molecule has 1 aliphatic heterocycles. The Morgan fingerprint density at radius 1 is 1.38 bits per heavy atom. The lowest BCUT2D eigenvalue weighted by molar-refractivity contribution is 0.207. The molecule has 0 unspecified atom stereocenters. The van der Waals surface area contributed by atoms with Crippen LogP contribution in [0.5, 0.6) is 0 Å². The van der Waals surface area contributed by atoms with E-state index in [9.17, 15) is 4.79 Å². The number of carbonyl (C=O) groups is 1. The SMILES string of the molecule is Cc1[nH]cnc1CN1Cc2cc3ccc(Cl)cc3n2C1=O. The Kier molecular flexibility index (Phi) is 2.59. The first-order chi connectivity index (χ1) is 10.1. The number of aryl methyl sites for hydroxylation is 1. The van der Waals surface area contributed by atoms with E-state index in [0.29, 0.717) is 18.1 Å². The lowest BCUT2D eigenvalue weighted by atomic mass is 10.2. The summed E-state index contributed by atoms with van der Waals surface area (Å²) in [4.78, 5) is 21.7. The molecule has 2 aromatic heterocycles. The third-order valence-corrected chi connectivity index (χ3v) is 4.17. The molecule has 0 atom stereocenters. The topological polar surface area (TPSA) is 53.9 Å². The van der Waals surface area contributed by atoms with E-state index in [0.717, 1.165) is 28.0 Å². The van der Waals surface area contributed by atoms with Crippen molar-refractivity contribution in [3.05, 3.63) is 52.7 Å². The van der Waals surface area contributed by atoms with Crippen LogP contribution in [-0.4, -0.2) is 25.5 Å². The number of amides is 1. The van der Waals surface area contributed by atoms with Crippen LogP contribution in [0.4, 0.5) is 4.79 Å². The molecule has 1 aliphatic rings. The average molecular weight is 301 g/mol. The number of benzene rings is 1. The van der Waals surface area contributed by atoms with E-state index in [1.54, 1.807) is 15.8 Å². The highest BCUT2D eigenvalue weighted by Gasteiger charge is 2.29. The first kappa shape index (κ1) is 12.5. The number of hydrogen-bond donors (Lipinski definition) is 1. The van der Waals surface area contributed by atoms with Crippen LogP contribution in [0.2, 0.25) is 5.02 Å². The fraction of sp³-hybridized carbons (Fsp3) is 0.200. The molecule has 0 spiro atoms. The summed E-state index contributed by atoms with van der Waals surface area (Å²) in [7, 11) is 0. The van der Waals surface area contributed by atoms with Gasteiger partial charge < -0.3 is 9.88 Å². The van der Waals surface area contributed by atoms with E-state index in [2.05, 4.69) is 9.97 Å². The monoisotopic (exact) mass is 300 g/mol. The second-order valence-corrected chi connectivity index (χ2v) is 5.72. The summed E-state index contributed by atoms with van der Waals surface area (Å²) in [6.45, 7) is 3.06. The van der Waals surface area contributed by atoms with Gasteiger partial charge in [0, 0.05) is 21.8 Å². The number of nitrogens with one attached hydrogen (secondary N) is 1. The summed E-state index contributed by atoms with van der Waals surface area (Å²) in [6, 6.07) is 7.64. The van der Waals surface area contributed by atoms with Crippen molar-refractivity contribution in [2.24, 2.45) is 0 Å². The molecule has 0 radical (unpaired) electrons. The summed E-state index contributed by atoms with van der Waals surface area (Å²) in [5.74, 6) is 0. The maximum absolute atomic E-state index is 12.6. The third kappa shape index (κ3) is 1.85. The Bertz CT molecular complexity index is 864. The van der Waals surface area contributed by atoms with Gasteiger partial charge >= 0.3 is 6.03 Å². The second-order valence-electron chi connectivity index (χ2n) is 5.29. The molecular formula is C15H13ClN4O. The summed E-state index contributed by atoms with van der Waals surface area (Å²) in [5, 5.41) is 1.68. The first-order valence-corrected chi connectivity index (χ1v) is 7.09. The number of carbonyl (C=O) groups excluding carboxylic acids is 1. The molecule has 1 aromatic carbocycles. The molecule has 3 heterocycles. The molecule has 5 nitrogen and oxygen atoms in total. The fourth-order valence-corrected chi connectivity index (χ4v) is 3.00. The van der Waals surface area contributed by atoms with Gasteiger partial charge in [-0.1, -0.05) is 17.7 Å². The maximum atomic E-state index is 12.6. The molecule has 3 aromatic rings. The number of hydrogen-bond acceptors (Lipinski definition) is 2. The van der Waals surface area contributed by atoms with Crippen molar-refractivity contribution < 1.29 is 4.79 Å². The Morgan fingerprint density at radius 2 is 2.24 bits per heavy atom. The first-order valence-electron chi connectivity index (χ1n) is 6.71. The zero-order valence-corrected chi connectivity index (χ0v) is 12.2. The molecule has 6 heteroatoms. The van der Waals surface area contributed by atoms with Gasteiger partial charge in [-0.15, -0.1) is 0 Å². The highest BCUT2D eigenvalue weighted by molar-refractivity contribution is 6.31. The molecule has 106 valence electrons. The van der Waals surface area contributed by atoms with Crippen molar-refractivity contribution in [3.8, 4) is 0 Å². The summed E-state index contributed by atoms with van der Waals surface area (Å²) in [6.07, 6.45) is 1.65. The highest BCUT2D eigenvalue weighted by atomic mass is 35.5. The average Bonchev–Trinajstić information content (AvgIpc) is 3.08. The molecule has 21 heavy (non-hydrogen) atoms. The number of aromatic amines is 1. The third-order valence-electron chi connectivity index (χ3n) is 3.93. The van der Waals surface area contributed by atoms with E-state index < -0.39 is 0 Å². The minimum Gasteiger partial charge on any atom is -0.348 e. The number of aromatic nitrogens is 3. The molecule has 0 aliphatic carbocycles. The number of halogens is 1. The van der Waals surface area contributed by atoms with Crippen molar-refractivity contribution >= 4 is 28.5 Å². The van der Waals surface area contributed by atoms with Crippen LogP contribution in [0.25, 0.3) is 10.9 Å². The van der Waals surface area contributed by atoms with Crippen molar-refractivity contribution in [1.29, 1.82) is 0 Å². The van der Waals surface area contributed by atoms with E-state index in [4.69, 9.17) is 11.6 Å². The van der Waals surface area contributed by atoms with Gasteiger partial charge in [-0.2, -0.15) is 0 Å². The predicted molar refractivity (Wildman–Crippen MR) is 80.3 cm³/mol. The van der Waals surface area contributed by atoms with Gasteiger partial charge in [0.2, 0.25) is 0 Å². The van der Waals surface area contributed by atoms with E-state index in [1.807, 2.05) is 31.2 Å². The summed E-state index contributed by atoms with van der Waals surface area (Å²) >= 11 is 6.04. The van der Waals surface area contributed by atoms with Gasteiger partial charge in [0.25, 0.3) is 0 Å². The van der Waals surface area contributed by atoms with Crippen LogP contribution in [0, 0.1) is 6.92 Å². The van der Waals surface area contributed by atoms with Gasteiger partial charge in [-0.3, -0.25) is 4.57 Å². The minimum absolute atomic E-state index is 0.0235. The lowest BCUT2D eigenvalue weighted by Gasteiger charge is -2.14. The molecule has 1 N–H and O–H groups in total. The van der Waals surface area contributed by atoms with Gasteiger partial charge in [0.15, 0.2) is 0 Å². The van der Waals surface area contributed by atoms with Crippen molar-refractivity contribution in [1.82, 2.24) is 19.4 Å². The Hall–Kier alpha value is -2.27. The van der Waals surface area contributed by atoms with Crippen LogP contribution in [-0.2, 0) is 13.1 Å². The van der Waals surface area contributed by atoms with Crippen molar-refractivity contribution in [2.75, 3.05) is 0 Å². The van der Waals surface area contributed by atoms with Crippen molar-refractivity contribution in [3.63, 3.8) is 0 Å². The van der Waals surface area contributed by atoms with E-state index in [-0.39, 0.29) is 6.03 Å². The predicted octanol–water partition coefficient (Wildman–Crippen LogP) is 3.31. The van der Waals surface area contributed by atoms with Crippen LogP contribution >= 0.6 is 11.6 Å². The molecule has 0 saturated carbocycles. The Balaban J connectivity index is 1.72. The van der Waals surface area contributed by atoms with Crippen LogP contribution in [0.15, 0.2) is 30.6 Å². The standard InChI is InChI=1S/C15H13ClN4O/c1-9-13(18-8-17-9)7-19-6-12-4-10-2-3-11(16)5-14(10)20(12)15(19)21/h2-5,8H,6-7H2,1H3,(H,17,18). The summed E-state index contributed by atoms with van der Waals surface area (Å²) in [5.41, 5.74) is 3.75. The number of H-pyrrole nitrogens is 1. The van der Waals surface area contributed by atoms with Gasteiger partial charge in [0.05, 0.1) is 30.6 Å². The van der Waals surface area contributed by atoms with Crippen molar-refractivity contribution in [2.45, 2.75) is 20.0 Å². The zero-order chi connectivity index (χ0) is 14.6. The molecule has 1 amide bonds. The lowest BCUT2D eigenvalue weighted by Crippen LogP contribution is -2.26. The Morgan fingerprint density at radius 3 is 3.00 bits per heavy atom. The highest BCUT2D eigenvalue weighted by Crippen LogP contribution is 2.29. The van der Waals surface area contributed by atoms with Gasteiger partial charge in [-0.25, -0.2) is 9.78 Å². The smallest absolute Gasteiger partial charge is 0.329 e. The van der Waals surface area contributed by atoms with E-state index >= 15 is 0 Å². The molecular weight excluding hydrogens is 288 g/mol. The second kappa shape index (κ2) is 4.36. The van der Waals surface area contributed by atoms with Crippen LogP contribution < -0.4 is 0 Å². The van der Waals surface area contributed by atoms with E-state index in [1.165, 1.54) is 0 Å².